The Morgan fingerprint density at radius 1 is 1.14 bits per heavy atom. The molecule has 1 N–H and O–H groups in total. The Balaban J connectivity index is 1.41. The van der Waals surface area contributed by atoms with Crippen molar-refractivity contribution in [2.45, 2.75) is 102 Å². The Labute approximate surface area is 217 Å². The van der Waals surface area contributed by atoms with Crippen molar-refractivity contribution < 1.29 is 18.1 Å². The second-order valence-electron chi connectivity index (χ2n) is 14.0. The topological polar surface area (TPSA) is 70.5 Å². The van der Waals surface area contributed by atoms with E-state index in [0.717, 1.165) is 17.8 Å². The minimum absolute atomic E-state index is 0.0971. The van der Waals surface area contributed by atoms with Gasteiger partial charge in [-0.3, -0.25) is 8.77 Å². The zero-order chi connectivity index (χ0) is 26.3. The fourth-order valence-electron chi connectivity index (χ4n) is 7.35. The standard InChI is InChI=1S/C28H43FN2O3SSi/c1-18-9-23(26(32)31(35(30,33)22-7-8-22)36(5,6)27(2,3)4)24(29)13-25(18)34-17-28-14-19-10-20(15-28)12-21(11-19)16-28/h9,13,19-22,30H,7-8,10-12,14-17H2,1-6H3. The lowest BCUT2D eigenvalue weighted by Gasteiger charge is -2.56. The summed E-state index contributed by atoms with van der Waals surface area (Å²) in [5.41, 5.74) is 0.828. The van der Waals surface area contributed by atoms with Crippen LogP contribution in [0, 0.1) is 40.7 Å². The van der Waals surface area contributed by atoms with Gasteiger partial charge in [-0.25, -0.2) is 13.4 Å². The smallest absolute Gasteiger partial charge is 0.261 e. The van der Waals surface area contributed by atoms with Crippen molar-refractivity contribution in [3.8, 4) is 5.75 Å². The van der Waals surface area contributed by atoms with Crippen LogP contribution < -0.4 is 4.74 Å². The summed E-state index contributed by atoms with van der Waals surface area (Å²) in [6, 6.07) is 2.89. The summed E-state index contributed by atoms with van der Waals surface area (Å²) in [4.78, 5) is 13.9. The molecule has 6 rings (SSSR count). The van der Waals surface area contributed by atoms with Gasteiger partial charge >= 0.3 is 0 Å². The summed E-state index contributed by atoms with van der Waals surface area (Å²) in [5.74, 6) is 1.70. The van der Waals surface area contributed by atoms with Crippen molar-refractivity contribution >= 4 is 24.1 Å². The van der Waals surface area contributed by atoms with Gasteiger partial charge in [0.25, 0.3) is 5.91 Å². The van der Waals surface area contributed by atoms with Gasteiger partial charge in [-0.2, -0.15) is 0 Å². The maximum absolute atomic E-state index is 15.5. The van der Waals surface area contributed by atoms with E-state index < -0.39 is 29.9 Å². The molecule has 1 aromatic carbocycles. The minimum atomic E-state index is -3.34. The zero-order valence-corrected chi connectivity index (χ0v) is 24.6. The van der Waals surface area contributed by atoms with Crippen LogP contribution >= 0.6 is 0 Å². The first-order valence-electron chi connectivity index (χ1n) is 13.7. The average molecular weight is 535 g/mol. The molecule has 0 saturated heterocycles. The third-order valence-corrected chi connectivity index (χ3v) is 19.1. The van der Waals surface area contributed by atoms with Crippen molar-refractivity contribution in [3.63, 3.8) is 0 Å². The average Bonchev–Trinajstić information content (AvgIpc) is 3.58. The SMILES string of the molecule is Cc1cc(C(=O)N([Si](C)(C)C(C)(C)C)S(=N)(=O)C2CC2)c(F)cc1OCC12CC3CC(CC(C3)C1)C2. The van der Waals surface area contributed by atoms with Crippen LogP contribution in [0.25, 0.3) is 0 Å². The van der Waals surface area contributed by atoms with Crippen LogP contribution in [0.15, 0.2) is 12.1 Å². The Bertz CT molecular complexity index is 1130. The van der Waals surface area contributed by atoms with Crippen molar-refractivity contribution in [1.82, 2.24) is 3.97 Å². The summed E-state index contributed by atoms with van der Waals surface area (Å²) in [6.07, 6.45) is 9.13. The highest BCUT2D eigenvalue weighted by Crippen LogP contribution is 2.60. The van der Waals surface area contributed by atoms with E-state index in [1.54, 1.807) is 6.07 Å². The van der Waals surface area contributed by atoms with E-state index in [2.05, 4.69) is 0 Å². The van der Waals surface area contributed by atoms with E-state index in [1.807, 2.05) is 40.8 Å². The molecule has 0 aliphatic heterocycles. The highest BCUT2D eigenvalue weighted by Gasteiger charge is 2.53. The number of benzene rings is 1. The molecular formula is C28H43FN2O3SSi. The van der Waals surface area contributed by atoms with E-state index in [1.165, 1.54) is 48.6 Å². The van der Waals surface area contributed by atoms with Crippen LogP contribution in [-0.4, -0.2) is 34.2 Å². The first-order chi connectivity index (χ1) is 16.6. The Hall–Kier alpha value is -1.41. The van der Waals surface area contributed by atoms with Gasteiger partial charge < -0.3 is 4.74 Å². The zero-order valence-electron chi connectivity index (χ0n) is 22.8. The van der Waals surface area contributed by atoms with Crippen LogP contribution in [0.1, 0.15) is 88.1 Å². The van der Waals surface area contributed by atoms with Crippen molar-refractivity contribution in [2.24, 2.45) is 23.2 Å². The quantitative estimate of drug-likeness (QED) is 0.373. The highest BCUT2D eigenvalue weighted by molar-refractivity contribution is 7.93. The number of amides is 1. The molecule has 5 aliphatic carbocycles. The van der Waals surface area contributed by atoms with Crippen LogP contribution in [0.4, 0.5) is 4.39 Å². The lowest BCUT2D eigenvalue weighted by Crippen LogP contribution is -2.60. The fraction of sp³-hybridized carbons (Fsp3) is 0.750. The maximum Gasteiger partial charge on any atom is 0.261 e. The number of nitrogens with one attached hydrogen (secondary N) is 1. The first kappa shape index (κ1) is 26.2. The summed E-state index contributed by atoms with van der Waals surface area (Å²) in [5, 5.41) is -0.643. The molecule has 4 bridgehead atoms. The Kier molecular flexibility index (Phi) is 6.22. The largest absolute Gasteiger partial charge is 0.493 e. The molecule has 1 amide bonds. The lowest BCUT2D eigenvalue weighted by atomic mass is 9.50. The molecule has 5 saturated carbocycles. The van der Waals surface area contributed by atoms with E-state index >= 15 is 4.39 Å². The summed E-state index contributed by atoms with van der Waals surface area (Å²) < 4.78 is 45.6. The van der Waals surface area contributed by atoms with Gasteiger partial charge in [-0.15, -0.1) is 0 Å². The van der Waals surface area contributed by atoms with Gasteiger partial charge in [0.2, 0.25) is 0 Å². The number of ether oxygens (including phenoxy) is 1. The number of carbonyl (C=O) groups excluding carboxylic acids is 1. The fourth-order valence-corrected chi connectivity index (χ4v) is 14.0. The van der Waals surface area contributed by atoms with E-state index in [9.17, 15) is 9.00 Å². The molecule has 200 valence electrons. The Morgan fingerprint density at radius 3 is 2.14 bits per heavy atom. The van der Waals surface area contributed by atoms with Crippen molar-refractivity contribution in [2.75, 3.05) is 6.61 Å². The second kappa shape index (κ2) is 8.55. The number of rotatable bonds is 7. The number of hydrogen-bond donors (Lipinski definition) is 1. The van der Waals surface area contributed by atoms with Gasteiger partial charge in [0.15, 0.2) is 8.24 Å². The molecule has 1 unspecified atom stereocenters. The van der Waals surface area contributed by atoms with Crippen LogP contribution in [-0.2, 0) is 9.92 Å². The molecule has 36 heavy (non-hydrogen) atoms. The normalized spacial score (nSPS) is 31.2. The van der Waals surface area contributed by atoms with Crippen LogP contribution in [0.5, 0.6) is 5.75 Å². The monoisotopic (exact) mass is 534 g/mol. The molecule has 8 heteroatoms. The third-order valence-electron chi connectivity index (χ3n) is 9.97. The maximum atomic E-state index is 15.5. The van der Waals surface area contributed by atoms with Gasteiger partial charge in [-0.1, -0.05) is 33.9 Å². The Morgan fingerprint density at radius 2 is 1.67 bits per heavy atom. The summed E-state index contributed by atoms with van der Waals surface area (Å²) >= 11 is 0. The molecule has 0 heterocycles. The molecule has 1 aromatic rings. The number of nitrogens with zero attached hydrogens (tertiary/aromatic N) is 1. The lowest BCUT2D eigenvalue weighted by molar-refractivity contribution is -0.0746. The number of halogens is 1. The molecule has 5 nitrogen and oxygen atoms in total. The molecule has 0 spiro atoms. The van der Waals surface area contributed by atoms with Crippen molar-refractivity contribution in [3.05, 3.63) is 29.1 Å². The van der Waals surface area contributed by atoms with E-state index in [0.29, 0.717) is 30.8 Å². The second-order valence-corrected chi connectivity index (χ2v) is 21.5. The van der Waals surface area contributed by atoms with E-state index in [-0.39, 0.29) is 21.3 Å². The molecule has 0 aromatic heterocycles. The third kappa shape index (κ3) is 4.44. The summed E-state index contributed by atoms with van der Waals surface area (Å²) in [6.45, 7) is 12.5. The predicted molar refractivity (Wildman–Crippen MR) is 144 cm³/mol. The van der Waals surface area contributed by atoms with Gasteiger partial charge in [0, 0.05) is 11.5 Å². The van der Waals surface area contributed by atoms with Crippen LogP contribution in [0.3, 0.4) is 0 Å². The van der Waals surface area contributed by atoms with Gasteiger partial charge in [0.1, 0.15) is 21.5 Å². The number of hydrogen-bond acceptors (Lipinski definition) is 4. The van der Waals surface area contributed by atoms with Gasteiger partial charge in [0.05, 0.1) is 17.4 Å². The molecule has 0 radical (unpaired) electrons. The first-order valence-corrected chi connectivity index (χ1v) is 18.2. The molecule has 5 aliphatic rings. The predicted octanol–water partition coefficient (Wildman–Crippen LogP) is 7.30. The molecule has 5 fully saturated rings. The number of aryl methyl sites for hydroxylation is 1. The minimum Gasteiger partial charge on any atom is -0.493 e. The highest BCUT2D eigenvalue weighted by atomic mass is 32.2. The van der Waals surface area contributed by atoms with Gasteiger partial charge in [-0.05, 0) is 92.7 Å². The van der Waals surface area contributed by atoms with Crippen molar-refractivity contribution in [1.29, 1.82) is 4.78 Å². The molecular weight excluding hydrogens is 491 g/mol. The molecule has 1 atom stereocenters. The van der Waals surface area contributed by atoms with E-state index in [4.69, 9.17) is 9.52 Å². The number of carbonyl (C=O) groups is 1. The van der Waals surface area contributed by atoms with Crippen LogP contribution in [0.2, 0.25) is 18.1 Å². The summed E-state index contributed by atoms with van der Waals surface area (Å²) in [7, 11) is -6.07.